The summed E-state index contributed by atoms with van der Waals surface area (Å²) in [6.07, 6.45) is 8.14. The second-order valence-corrected chi connectivity index (χ2v) is 5.44. The summed E-state index contributed by atoms with van der Waals surface area (Å²) in [4.78, 5) is 0. The fourth-order valence-electron chi connectivity index (χ4n) is 2.60. The van der Waals surface area contributed by atoms with E-state index in [0.717, 1.165) is 11.8 Å². The summed E-state index contributed by atoms with van der Waals surface area (Å²) in [5.41, 5.74) is 1.49. The standard InChI is InChI=1S/C17H28/c1-4-9-16(5-2)13-12-15(3)14-17-10-7-6-8-11-17/h6-8,10-11,15-16H,4-5,9,12-14H2,1-3H3/t15-,16+/m1/s1. The average molecular weight is 232 g/mol. The molecule has 0 aliphatic carbocycles. The first-order chi connectivity index (χ1) is 8.26. The van der Waals surface area contributed by atoms with Gasteiger partial charge in [0.1, 0.15) is 0 Å². The van der Waals surface area contributed by atoms with Crippen molar-refractivity contribution in [2.45, 2.75) is 59.3 Å². The highest BCUT2D eigenvalue weighted by Crippen LogP contribution is 2.22. The van der Waals surface area contributed by atoms with Gasteiger partial charge in [-0.2, -0.15) is 0 Å². The van der Waals surface area contributed by atoms with Gasteiger partial charge in [-0.15, -0.1) is 0 Å². The molecule has 0 amide bonds. The fraction of sp³-hybridized carbons (Fsp3) is 0.647. The predicted molar refractivity (Wildman–Crippen MR) is 77.2 cm³/mol. The lowest BCUT2D eigenvalue weighted by Gasteiger charge is -2.17. The van der Waals surface area contributed by atoms with Crippen molar-refractivity contribution in [1.82, 2.24) is 0 Å². The molecule has 0 heteroatoms. The Morgan fingerprint density at radius 2 is 1.65 bits per heavy atom. The van der Waals surface area contributed by atoms with E-state index >= 15 is 0 Å². The second kappa shape index (κ2) is 8.33. The highest BCUT2D eigenvalue weighted by atomic mass is 14.1. The maximum atomic E-state index is 2.39. The van der Waals surface area contributed by atoms with Gasteiger partial charge in [-0.25, -0.2) is 0 Å². The average Bonchev–Trinajstić information content (AvgIpc) is 2.35. The van der Waals surface area contributed by atoms with Gasteiger partial charge in [-0.05, 0) is 23.8 Å². The quantitative estimate of drug-likeness (QED) is 0.557. The topological polar surface area (TPSA) is 0 Å². The molecule has 0 aliphatic heterocycles. The Morgan fingerprint density at radius 1 is 0.941 bits per heavy atom. The maximum Gasteiger partial charge on any atom is -0.0253 e. The number of rotatable bonds is 8. The Balaban J connectivity index is 2.27. The molecule has 0 heterocycles. The summed E-state index contributed by atoms with van der Waals surface area (Å²) in [5.74, 6) is 1.78. The lowest BCUT2D eigenvalue weighted by atomic mass is 9.89. The van der Waals surface area contributed by atoms with E-state index in [1.165, 1.54) is 44.1 Å². The van der Waals surface area contributed by atoms with Gasteiger partial charge in [0.2, 0.25) is 0 Å². The van der Waals surface area contributed by atoms with Crippen LogP contribution in [0.25, 0.3) is 0 Å². The summed E-state index contributed by atoms with van der Waals surface area (Å²) in [6.45, 7) is 7.03. The van der Waals surface area contributed by atoms with E-state index < -0.39 is 0 Å². The van der Waals surface area contributed by atoms with E-state index in [4.69, 9.17) is 0 Å². The Bertz CT molecular complexity index is 275. The molecule has 96 valence electrons. The van der Waals surface area contributed by atoms with Crippen LogP contribution in [0.2, 0.25) is 0 Å². The van der Waals surface area contributed by atoms with E-state index in [1.54, 1.807) is 0 Å². The zero-order chi connectivity index (χ0) is 12.5. The predicted octanol–water partition coefficient (Wildman–Crippen LogP) is 5.47. The van der Waals surface area contributed by atoms with Gasteiger partial charge in [0.05, 0.1) is 0 Å². The van der Waals surface area contributed by atoms with Gasteiger partial charge in [-0.3, -0.25) is 0 Å². The third-order valence-electron chi connectivity index (χ3n) is 3.77. The van der Waals surface area contributed by atoms with Gasteiger partial charge < -0.3 is 0 Å². The molecule has 0 unspecified atom stereocenters. The van der Waals surface area contributed by atoms with Crippen LogP contribution in [0.3, 0.4) is 0 Å². The second-order valence-electron chi connectivity index (χ2n) is 5.44. The van der Waals surface area contributed by atoms with Crippen LogP contribution in [0.4, 0.5) is 0 Å². The molecule has 0 radical (unpaired) electrons. The van der Waals surface area contributed by atoms with Crippen LogP contribution in [0.1, 0.15) is 58.4 Å². The summed E-state index contributed by atoms with van der Waals surface area (Å²) >= 11 is 0. The molecule has 17 heavy (non-hydrogen) atoms. The lowest BCUT2D eigenvalue weighted by Crippen LogP contribution is -2.05. The number of benzene rings is 1. The largest absolute Gasteiger partial charge is 0.0654 e. The molecule has 1 aromatic carbocycles. The smallest absolute Gasteiger partial charge is 0.0253 e. The zero-order valence-corrected chi connectivity index (χ0v) is 11.8. The van der Waals surface area contributed by atoms with Gasteiger partial charge in [0.15, 0.2) is 0 Å². The molecule has 0 saturated carbocycles. The van der Waals surface area contributed by atoms with Crippen LogP contribution in [-0.2, 0) is 6.42 Å². The van der Waals surface area contributed by atoms with E-state index in [-0.39, 0.29) is 0 Å². The maximum absolute atomic E-state index is 2.39. The number of hydrogen-bond acceptors (Lipinski definition) is 0. The van der Waals surface area contributed by atoms with Crippen molar-refractivity contribution in [3.8, 4) is 0 Å². The zero-order valence-electron chi connectivity index (χ0n) is 11.8. The minimum absolute atomic E-state index is 0.823. The molecule has 0 aromatic heterocycles. The van der Waals surface area contributed by atoms with E-state index in [0.29, 0.717) is 0 Å². The summed E-state index contributed by atoms with van der Waals surface area (Å²) in [6, 6.07) is 10.9. The third kappa shape index (κ3) is 5.91. The first-order valence-electron chi connectivity index (χ1n) is 7.30. The normalized spacial score (nSPS) is 14.5. The van der Waals surface area contributed by atoms with Crippen molar-refractivity contribution in [2.75, 3.05) is 0 Å². The van der Waals surface area contributed by atoms with Crippen LogP contribution in [-0.4, -0.2) is 0 Å². The van der Waals surface area contributed by atoms with Crippen LogP contribution < -0.4 is 0 Å². The fourth-order valence-corrected chi connectivity index (χ4v) is 2.60. The highest BCUT2D eigenvalue weighted by molar-refractivity contribution is 5.14. The molecule has 2 atom stereocenters. The molecule has 0 spiro atoms. The summed E-state index contributed by atoms with van der Waals surface area (Å²) < 4.78 is 0. The third-order valence-corrected chi connectivity index (χ3v) is 3.77. The molecule has 1 rings (SSSR count). The van der Waals surface area contributed by atoms with Gasteiger partial charge in [-0.1, -0.05) is 83.2 Å². The SMILES string of the molecule is CCC[C@H](CC)CC[C@@H](C)Cc1ccccc1. The monoisotopic (exact) mass is 232 g/mol. The summed E-state index contributed by atoms with van der Waals surface area (Å²) in [7, 11) is 0. The first-order valence-corrected chi connectivity index (χ1v) is 7.30. The Hall–Kier alpha value is -0.780. The molecule has 0 nitrogen and oxygen atoms in total. The van der Waals surface area contributed by atoms with Gasteiger partial charge in [0.25, 0.3) is 0 Å². The van der Waals surface area contributed by atoms with Crippen molar-refractivity contribution in [3.05, 3.63) is 35.9 Å². The molecule has 1 aromatic rings. The minimum Gasteiger partial charge on any atom is -0.0654 e. The van der Waals surface area contributed by atoms with Crippen molar-refractivity contribution in [1.29, 1.82) is 0 Å². The molecule has 0 N–H and O–H groups in total. The Labute approximate surface area is 107 Å². The van der Waals surface area contributed by atoms with Crippen molar-refractivity contribution in [3.63, 3.8) is 0 Å². The van der Waals surface area contributed by atoms with Crippen molar-refractivity contribution in [2.24, 2.45) is 11.8 Å². The van der Waals surface area contributed by atoms with Gasteiger partial charge in [0, 0.05) is 0 Å². The molecule has 0 bridgehead atoms. The van der Waals surface area contributed by atoms with Crippen LogP contribution in [0.5, 0.6) is 0 Å². The van der Waals surface area contributed by atoms with E-state index in [2.05, 4.69) is 51.1 Å². The lowest BCUT2D eigenvalue weighted by molar-refractivity contribution is 0.376. The molecular formula is C17H28. The van der Waals surface area contributed by atoms with Crippen LogP contribution >= 0.6 is 0 Å². The molecule has 0 fully saturated rings. The molecular weight excluding hydrogens is 204 g/mol. The minimum atomic E-state index is 0.823. The van der Waals surface area contributed by atoms with Crippen LogP contribution in [0, 0.1) is 11.8 Å². The van der Waals surface area contributed by atoms with Crippen LogP contribution in [0.15, 0.2) is 30.3 Å². The Morgan fingerprint density at radius 3 is 2.24 bits per heavy atom. The first kappa shape index (κ1) is 14.3. The van der Waals surface area contributed by atoms with Crippen molar-refractivity contribution >= 4 is 0 Å². The van der Waals surface area contributed by atoms with Gasteiger partial charge >= 0.3 is 0 Å². The molecule has 0 aliphatic rings. The van der Waals surface area contributed by atoms with E-state index in [1.807, 2.05) is 0 Å². The van der Waals surface area contributed by atoms with Crippen molar-refractivity contribution < 1.29 is 0 Å². The molecule has 0 saturated heterocycles. The Kier molecular flexibility index (Phi) is 7.00. The number of hydrogen-bond donors (Lipinski definition) is 0. The van der Waals surface area contributed by atoms with E-state index in [9.17, 15) is 0 Å². The summed E-state index contributed by atoms with van der Waals surface area (Å²) in [5, 5.41) is 0. The highest BCUT2D eigenvalue weighted by Gasteiger charge is 2.09.